The molecule has 124 valence electrons. The lowest BCUT2D eigenvalue weighted by molar-refractivity contribution is -0.132. The summed E-state index contributed by atoms with van der Waals surface area (Å²) in [5.74, 6) is 0.576. The first-order valence-electron chi connectivity index (χ1n) is 7.63. The van der Waals surface area contributed by atoms with E-state index in [1.165, 1.54) is 4.90 Å². The summed E-state index contributed by atoms with van der Waals surface area (Å²) in [6.07, 6.45) is 1.79. The number of nitrogens with zero attached hydrogens (tertiary/aromatic N) is 1. The molecule has 0 saturated carbocycles. The minimum Gasteiger partial charge on any atom is -0.491 e. The summed E-state index contributed by atoms with van der Waals surface area (Å²) in [4.78, 5) is 13.5. The fourth-order valence-corrected chi connectivity index (χ4v) is 2.11. The molecule has 0 aliphatic carbocycles. The summed E-state index contributed by atoms with van der Waals surface area (Å²) in [5.41, 5.74) is 7.47. The van der Waals surface area contributed by atoms with Crippen LogP contribution in [0.3, 0.4) is 0 Å². The zero-order valence-corrected chi connectivity index (χ0v) is 13.1. The van der Waals surface area contributed by atoms with Gasteiger partial charge in [0, 0.05) is 19.5 Å². The van der Waals surface area contributed by atoms with Gasteiger partial charge in [-0.05, 0) is 30.5 Å². The number of nitrogens with two attached hydrogens (primary N) is 1. The van der Waals surface area contributed by atoms with Crippen molar-refractivity contribution in [3.8, 4) is 5.75 Å². The predicted octanol–water partition coefficient (Wildman–Crippen LogP) is 0.803. The van der Waals surface area contributed by atoms with Gasteiger partial charge in [0.2, 0.25) is 5.91 Å². The average molecular weight is 310 g/mol. The van der Waals surface area contributed by atoms with Crippen molar-refractivity contribution in [2.75, 3.05) is 38.6 Å². The molecule has 1 rings (SSSR count). The maximum atomic E-state index is 12.0. The molecule has 0 aliphatic heterocycles. The van der Waals surface area contributed by atoms with Gasteiger partial charge in [0.25, 0.3) is 0 Å². The third-order valence-corrected chi connectivity index (χ3v) is 3.26. The molecule has 0 radical (unpaired) electrons. The number of ether oxygens (including phenoxy) is 1. The average Bonchev–Trinajstić information content (AvgIpc) is 2.51. The Bertz CT molecular complexity index is 459. The van der Waals surface area contributed by atoms with E-state index in [0.717, 1.165) is 12.0 Å². The molecule has 0 aliphatic rings. The van der Waals surface area contributed by atoms with E-state index in [2.05, 4.69) is 0 Å². The number of aliphatic hydroxyl groups excluding tert-OH is 2. The maximum absolute atomic E-state index is 12.0. The number of benzene rings is 1. The summed E-state index contributed by atoms with van der Waals surface area (Å²) in [7, 11) is 0. The molecule has 0 aromatic heterocycles. The highest BCUT2D eigenvalue weighted by molar-refractivity contribution is 5.76. The number of amides is 1. The van der Waals surface area contributed by atoms with Gasteiger partial charge in [0.1, 0.15) is 5.75 Å². The molecule has 0 bridgehead atoms. The summed E-state index contributed by atoms with van der Waals surface area (Å²) in [6, 6.07) is 5.54. The summed E-state index contributed by atoms with van der Waals surface area (Å²) >= 11 is 0. The Morgan fingerprint density at radius 3 is 2.50 bits per heavy atom. The number of carbonyl (C=O) groups is 1. The summed E-state index contributed by atoms with van der Waals surface area (Å²) < 4.78 is 5.51. The number of aliphatic hydroxyl groups is 2. The van der Waals surface area contributed by atoms with Gasteiger partial charge in [-0.2, -0.15) is 0 Å². The fraction of sp³-hybridized carbons (Fsp3) is 0.562. The highest BCUT2D eigenvalue weighted by atomic mass is 16.5. The Morgan fingerprint density at radius 1 is 1.27 bits per heavy atom. The Morgan fingerprint density at radius 2 is 1.95 bits per heavy atom. The largest absolute Gasteiger partial charge is 0.491 e. The molecule has 0 fully saturated rings. The first-order chi connectivity index (χ1) is 10.6. The molecule has 1 aromatic rings. The van der Waals surface area contributed by atoms with Gasteiger partial charge in [-0.1, -0.05) is 13.0 Å². The standard InChI is InChI=1S/C16H26N2O4/c1-2-11-22-15-5-3-13(12-14(15)17)4-6-16(21)18(7-9-19)8-10-20/h3,5,12,19-20H,2,4,6-11,17H2,1H3. The number of rotatable bonds is 10. The van der Waals surface area contributed by atoms with E-state index in [9.17, 15) is 4.79 Å². The van der Waals surface area contributed by atoms with Crippen molar-refractivity contribution in [1.82, 2.24) is 4.90 Å². The number of hydrogen-bond acceptors (Lipinski definition) is 5. The molecule has 22 heavy (non-hydrogen) atoms. The normalized spacial score (nSPS) is 10.5. The van der Waals surface area contributed by atoms with Gasteiger partial charge >= 0.3 is 0 Å². The van der Waals surface area contributed by atoms with Crippen LogP contribution in [0.25, 0.3) is 0 Å². The lowest BCUT2D eigenvalue weighted by Gasteiger charge is -2.20. The molecule has 0 saturated heterocycles. The van der Waals surface area contributed by atoms with E-state index in [4.69, 9.17) is 20.7 Å². The van der Waals surface area contributed by atoms with E-state index < -0.39 is 0 Å². The topological polar surface area (TPSA) is 96.0 Å². The summed E-state index contributed by atoms with van der Waals surface area (Å²) in [6.45, 7) is 2.92. The molecule has 0 spiro atoms. The highest BCUT2D eigenvalue weighted by Gasteiger charge is 2.12. The number of carbonyl (C=O) groups excluding carboxylic acids is 1. The third-order valence-electron chi connectivity index (χ3n) is 3.26. The van der Waals surface area contributed by atoms with Crippen LogP contribution in [0.1, 0.15) is 25.3 Å². The number of aryl methyl sites for hydroxylation is 1. The molecule has 6 nitrogen and oxygen atoms in total. The van der Waals surface area contributed by atoms with Crippen molar-refractivity contribution in [2.24, 2.45) is 0 Å². The van der Waals surface area contributed by atoms with Crippen molar-refractivity contribution >= 4 is 11.6 Å². The van der Waals surface area contributed by atoms with Crippen LogP contribution in [0.15, 0.2) is 18.2 Å². The number of nitrogen functional groups attached to an aromatic ring is 1. The molecular formula is C16H26N2O4. The maximum Gasteiger partial charge on any atom is 0.223 e. The van der Waals surface area contributed by atoms with E-state index >= 15 is 0 Å². The SMILES string of the molecule is CCCOc1ccc(CCC(=O)N(CCO)CCO)cc1N. The van der Waals surface area contributed by atoms with Gasteiger partial charge in [-0.15, -0.1) is 0 Å². The van der Waals surface area contributed by atoms with Crippen LogP contribution in [0.4, 0.5) is 5.69 Å². The molecule has 0 unspecified atom stereocenters. The minimum atomic E-state index is -0.109. The lowest BCUT2D eigenvalue weighted by Crippen LogP contribution is -2.35. The van der Waals surface area contributed by atoms with Crippen molar-refractivity contribution in [3.63, 3.8) is 0 Å². The second-order valence-electron chi connectivity index (χ2n) is 5.05. The smallest absolute Gasteiger partial charge is 0.223 e. The van der Waals surface area contributed by atoms with E-state index in [1.807, 2.05) is 25.1 Å². The van der Waals surface area contributed by atoms with Crippen LogP contribution in [-0.2, 0) is 11.2 Å². The van der Waals surface area contributed by atoms with Crippen LogP contribution in [0, 0.1) is 0 Å². The van der Waals surface area contributed by atoms with Crippen molar-refractivity contribution in [1.29, 1.82) is 0 Å². The van der Waals surface area contributed by atoms with E-state index in [-0.39, 0.29) is 32.2 Å². The molecule has 0 heterocycles. The first-order valence-corrected chi connectivity index (χ1v) is 7.63. The Labute approximate surface area is 131 Å². The minimum absolute atomic E-state index is 0.0898. The second kappa shape index (κ2) is 10.0. The highest BCUT2D eigenvalue weighted by Crippen LogP contribution is 2.23. The van der Waals surface area contributed by atoms with Crippen LogP contribution in [0.5, 0.6) is 5.75 Å². The second-order valence-corrected chi connectivity index (χ2v) is 5.05. The number of hydrogen-bond donors (Lipinski definition) is 3. The quantitative estimate of drug-likeness (QED) is 0.556. The van der Waals surface area contributed by atoms with Crippen LogP contribution in [0.2, 0.25) is 0 Å². The van der Waals surface area contributed by atoms with Crippen LogP contribution in [-0.4, -0.2) is 53.9 Å². The van der Waals surface area contributed by atoms with Gasteiger partial charge < -0.3 is 25.6 Å². The first kappa shape index (κ1) is 18.3. The van der Waals surface area contributed by atoms with Crippen molar-refractivity contribution in [3.05, 3.63) is 23.8 Å². The number of anilines is 1. The monoisotopic (exact) mass is 310 g/mol. The van der Waals surface area contributed by atoms with E-state index in [1.54, 1.807) is 0 Å². The molecule has 1 amide bonds. The Kier molecular flexibility index (Phi) is 8.32. The van der Waals surface area contributed by atoms with Crippen LogP contribution < -0.4 is 10.5 Å². The Hall–Kier alpha value is -1.79. The zero-order valence-electron chi connectivity index (χ0n) is 13.1. The van der Waals surface area contributed by atoms with Gasteiger partial charge in [-0.25, -0.2) is 0 Å². The summed E-state index contributed by atoms with van der Waals surface area (Å²) in [5, 5.41) is 17.9. The molecular weight excluding hydrogens is 284 g/mol. The third kappa shape index (κ3) is 5.91. The molecule has 4 N–H and O–H groups in total. The predicted molar refractivity (Wildman–Crippen MR) is 85.7 cm³/mol. The fourth-order valence-electron chi connectivity index (χ4n) is 2.11. The van der Waals surface area contributed by atoms with Crippen LogP contribution >= 0.6 is 0 Å². The van der Waals surface area contributed by atoms with Crippen molar-refractivity contribution in [2.45, 2.75) is 26.2 Å². The molecule has 6 heteroatoms. The molecule has 0 atom stereocenters. The molecule has 1 aromatic carbocycles. The van der Waals surface area contributed by atoms with Gasteiger partial charge in [0.15, 0.2) is 0 Å². The lowest BCUT2D eigenvalue weighted by atomic mass is 10.1. The van der Waals surface area contributed by atoms with Crippen molar-refractivity contribution < 1.29 is 19.7 Å². The zero-order chi connectivity index (χ0) is 16.4. The van der Waals surface area contributed by atoms with Gasteiger partial charge in [0.05, 0.1) is 25.5 Å². The van der Waals surface area contributed by atoms with E-state index in [0.29, 0.717) is 30.9 Å². The van der Waals surface area contributed by atoms with Gasteiger partial charge in [-0.3, -0.25) is 4.79 Å². The Balaban J connectivity index is 2.56.